The van der Waals surface area contributed by atoms with Crippen molar-refractivity contribution in [3.8, 4) is 5.75 Å². The normalized spacial score (nSPS) is 12.7. The topological polar surface area (TPSA) is 81.9 Å². The first-order valence-electron chi connectivity index (χ1n) is 6.63. The van der Waals surface area contributed by atoms with Gasteiger partial charge in [0.05, 0.1) is 22.8 Å². The number of nitrogens with two attached hydrogens (primary N) is 1. The summed E-state index contributed by atoms with van der Waals surface area (Å²) < 4.78 is 36.1. The van der Waals surface area contributed by atoms with Crippen molar-refractivity contribution in [3.63, 3.8) is 0 Å². The van der Waals surface area contributed by atoms with Gasteiger partial charge in [0, 0.05) is 14.1 Å². The lowest BCUT2D eigenvalue weighted by molar-refractivity contribution is -0.0162. The molecule has 120 valence electrons. The van der Waals surface area contributed by atoms with Crippen LogP contribution in [0, 0.1) is 0 Å². The summed E-state index contributed by atoms with van der Waals surface area (Å²) in [7, 11) is -0.544. The van der Waals surface area contributed by atoms with Gasteiger partial charge in [-0.3, -0.25) is 0 Å². The third-order valence-corrected chi connectivity index (χ3v) is 4.45. The minimum absolute atomic E-state index is 0.142. The number of ether oxygens (including phenoxy) is 2. The lowest BCUT2D eigenvalue weighted by Crippen LogP contribution is -2.23. The van der Waals surface area contributed by atoms with E-state index < -0.39 is 10.0 Å². The zero-order chi connectivity index (χ0) is 16.3. The van der Waals surface area contributed by atoms with E-state index in [-0.39, 0.29) is 16.2 Å². The lowest BCUT2D eigenvalue weighted by Gasteiger charge is -2.20. The predicted octanol–water partition coefficient (Wildman–Crippen LogP) is 1.71. The van der Waals surface area contributed by atoms with E-state index in [1.165, 1.54) is 26.2 Å². The molecular weight excluding hydrogens is 292 g/mol. The van der Waals surface area contributed by atoms with Crippen LogP contribution in [-0.2, 0) is 14.8 Å². The van der Waals surface area contributed by atoms with Crippen molar-refractivity contribution in [2.45, 2.75) is 31.3 Å². The Balaban J connectivity index is 2.72. The van der Waals surface area contributed by atoms with Crippen LogP contribution in [0.2, 0.25) is 0 Å². The average molecular weight is 316 g/mol. The van der Waals surface area contributed by atoms with Gasteiger partial charge in [0.25, 0.3) is 0 Å². The van der Waals surface area contributed by atoms with Crippen molar-refractivity contribution in [2.75, 3.05) is 33.0 Å². The number of nitrogen functional groups attached to an aromatic ring is 1. The molecule has 1 rings (SSSR count). The molecule has 7 heteroatoms. The lowest BCUT2D eigenvalue weighted by atomic mass is 10.2. The summed E-state index contributed by atoms with van der Waals surface area (Å²) in [5.74, 6) is 0.449. The first-order valence-corrected chi connectivity index (χ1v) is 8.07. The highest BCUT2D eigenvalue weighted by Crippen LogP contribution is 2.26. The Hall–Kier alpha value is -1.31. The Labute approximate surface area is 126 Å². The van der Waals surface area contributed by atoms with E-state index in [9.17, 15) is 8.42 Å². The van der Waals surface area contributed by atoms with Crippen LogP contribution < -0.4 is 10.5 Å². The average Bonchev–Trinajstić information content (AvgIpc) is 2.34. The highest BCUT2D eigenvalue weighted by molar-refractivity contribution is 7.89. The predicted molar refractivity (Wildman–Crippen MR) is 82.9 cm³/mol. The van der Waals surface area contributed by atoms with E-state index in [0.717, 1.165) is 4.31 Å². The molecule has 0 aliphatic carbocycles. The van der Waals surface area contributed by atoms with Gasteiger partial charge in [-0.05, 0) is 39.0 Å². The number of sulfonamides is 1. The maximum atomic E-state index is 12.0. The molecule has 0 saturated carbocycles. The van der Waals surface area contributed by atoms with Crippen molar-refractivity contribution >= 4 is 15.7 Å². The molecule has 6 nitrogen and oxygen atoms in total. The molecule has 0 aliphatic rings. The Morgan fingerprint density at radius 2 is 1.81 bits per heavy atom. The molecule has 0 aliphatic heterocycles. The molecule has 0 saturated heterocycles. The molecule has 0 unspecified atom stereocenters. The molecule has 1 aromatic rings. The summed E-state index contributed by atoms with van der Waals surface area (Å²) in [5, 5.41) is 0. The molecule has 0 aromatic heterocycles. The zero-order valence-corrected chi connectivity index (χ0v) is 14.0. The molecule has 0 fully saturated rings. The van der Waals surface area contributed by atoms with E-state index in [1.54, 1.807) is 6.07 Å². The van der Waals surface area contributed by atoms with Crippen LogP contribution in [0.15, 0.2) is 23.1 Å². The smallest absolute Gasteiger partial charge is 0.242 e. The fourth-order valence-electron chi connectivity index (χ4n) is 1.53. The molecule has 0 radical (unpaired) electrons. The van der Waals surface area contributed by atoms with Crippen LogP contribution in [-0.4, -0.2) is 45.6 Å². The van der Waals surface area contributed by atoms with Crippen molar-refractivity contribution in [1.82, 2.24) is 4.31 Å². The number of hydrogen-bond acceptors (Lipinski definition) is 5. The maximum absolute atomic E-state index is 12.0. The number of anilines is 1. The van der Waals surface area contributed by atoms with Gasteiger partial charge in [0.15, 0.2) is 0 Å². The van der Waals surface area contributed by atoms with Crippen LogP contribution in [0.1, 0.15) is 20.8 Å². The fourth-order valence-corrected chi connectivity index (χ4v) is 2.47. The SMILES string of the molecule is CN(C)S(=O)(=O)c1ccc(OCCOC(C)(C)C)c(N)c1. The van der Waals surface area contributed by atoms with Crippen LogP contribution in [0.3, 0.4) is 0 Å². The second kappa shape index (κ2) is 6.64. The van der Waals surface area contributed by atoms with Gasteiger partial charge in [0.1, 0.15) is 12.4 Å². The van der Waals surface area contributed by atoms with Crippen molar-refractivity contribution in [2.24, 2.45) is 0 Å². The van der Waals surface area contributed by atoms with E-state index in [0.29, 0.717) is 19.0 Å². The molecular formula is C14H24N2O4S. The minimum atomic E-state index is -3.49. The first-order chi connectivity index (χ1) is 9.54. The standard InChI is InChI=1S/C14H24N2O4S/c1-14(2,3)20-9-8-19-13-7-6-11(10-12(13)15)21(17,18)16(4)5/h6-7,10H,8-9,15H2,1-5H3. The highest BCUT2D eigenvalue weighted by atomic mass is 32.2. The van der Waals surface area contributed by atoms with Gasteiger partial charge in [-0.2, -0.15) is 0 Å². The third-order valence-electron chi connectivity index (χ3n) is 2.64. The minimum Gasteiger partial charge on any atom is -0.489 e. The molecule has 0 amide bonds. The molecule has 2 N–H and O–H groups in total. The van der Waals surface area contributed by atoms with Gasteiger partial charge < -0.3 is 15.2 Å². The van der Waals surface area contributed by atoms with Crippen molar-refractivity contribution in [1.29, 1.82) is 0 Å². The molecule has 0 spiro atoms. The summed E-state index contributed by atoms with van der Waals surface area (Å²) in [6, 6.07) is 4.43. The Morgan fingerprint density at radius 1 is 1.19 bits per heavy atom. The van der Waals surface area contributed by atoms with Crippen LogP contribution in [0.4, 0.5) is 5.69 Å². The maximum Gasteiger partial charge on any atom is 0.242 e. The van der Waals surface area contributed by atoms with Crippen molar-refractivity contribution in [3.05, 3.63) is 18.2 Å². The summed E-state index contributed by atoms with van der Waals surface area (Å²) in [6.07, 6.45) is 0. The summed E-state index contributed by atoms with van der Waals surface area (Å²) in [6.45, 7) is 6.66. The Bertz CT molecular complexity index is 577. The fraction of sp³-hybridized carbons (Fsp3) is 0.571. The second-order valence-corrected chi connectivity index (χ2v) is 7.95. The van der Waals surface area contributed by atoms with Crippen molar-refractivity contribution < 1.29 is 17.9 Å². The van der Waals surface area contributed by atoms with Gasteiger partial charge in [-0.25, -0.2) is 12.7 Å². The monoisotopic (exact) mass is 316 g/mol. The third kappa shape index (κ3) is 5.18. The summed E-state index contributed by atoms with van der Waals surface area (Å²) >= 11 is 0. The molecule has 0 heterocycles. The number of benzene rings is 1. The first kappa shape index (κ1) is 17.7. The quantitative estimate of drug-likeness (QED) is 0.638. The molecule has 0 atom stereocenters. The summed E-state index contributed by atoms with van der Waals surface area (Å²) in [4.78, 5) is 0.142. The summed E-state index contributed by atoms with van der Waals surface area (Å²) in [5.41, 5.74) is 5.90. The number of hydrogen-bond donors (Lipinski definition) is 1. The highest BCUT2D eigenvalue weighted by Gasteiger charge is 2.18. The Morgan fingerprint density at radius 3 is 2.29 bits per heavy atom. The largest absolute Gasteiger partial charge is 0.489 e. The van der Waals surface area contributed by atoms with Gasteiger partial charge in [0.2, 0.25) is 10.0 Å². The van der Waals surface area contributed by atoms with Crippen LogP contribution in [0.5, 0.6) is 5.75 Å². The Kier molecular flexibility index (Phi) is 5.61. The number of nitrogens with zero attached hydrogens (tertiary/aromatic N) is 1. The number of rotatable bonds is 6. The van der Waals surface area contributed by atoms with Crippen LogP contribution in [0.25, 0.3) is 0 Å². The molecule has 21 heavy (non-hydrogen) atoms. The van der Waals surface area contributed by atoms with Crippen LogP contribution >= 0.6 is 0 Å². The van der Waals surface area contributed by atoms with E-state index in [4.69, 9.17) is 15.2 Å². The molecule has 0 bridgehead atoms. The van der Waals surface area contributed by atoms with E-state index >= 15 is 0 Å². The molecule has 1 aromatic carbocycles. The van der Waals surface area contributed by atoms with Gasteiger partial charge in [-0.15, -0.1) is 0 Å². The zero-order valence-electron chi connectivity index (χ0n) is 13.2. The van der Waals surface area contributed by atoms with Gasteiger partial charge in [-0.1, -0.05) is 0 Å². The van der Waals surface area contributed by atoms with E-state index in [1.807, 2.05) is 20.8 Å². The van der Waals surface area contributed by atoms with Gasteiger partial charge >= 0.3 is 0 Å². The second-order valence-electron chi connectivity index (χ2n) is 5.80. The van der Waals surface area contributed by atoms with E-state index in [2.05, 4.69) is 0 Å².